The van der Waals surface area contributed by atoms with E-state index in [-0.39, 0.29) is 167 Å². The van der Waals surface area contributed by atoms with E-state index in [1.165, 1.54) is 173 Å². The fourth-order valence-electron chi connectivity index (χ4n) is 25.2. The fraction of sp³-hybridized carbons (Fsp3) is 0.824. The van der Waals surface area contributed by atoms with E-state index >= 15 is 0 Å². The van der Waals surface area contributed by atoms with Crippen LogP contribution in [0.15, 0.2) is 72.9 Å². The molecule has 140 heavy (non-hydrogen) atoms. The molecule has 0 amide bonds. The van der Waals surface area contributed by atoms with E-state index in [4.69, 9.17) is 42.6 Å². The molecule has 0 radical (unpaired) electrons. The van der Waals surface area contributed by atoms with Gasteiger partial charge < -0.3 is 47.5 Å². The van der Waals surface area contributed by atoms with E-state index in [1.807, 2.05) is 49.7 Å². The fourth-order valence-corrected chi connectivity index (χ4v) is 25.2. The number of rotatable bonds is 77. The van der Waals surface area contributed by atoms with Gasteiger partial charge in [0.25, 0.3) is 0 Å². The molecule has 12 bridgehead atoms. The first kappa shape index (κ1) is 120. The summed E-state index contributed by atoms with van der Waals surface area (Å²) in [6.45, 7) is 16.9. The Morgan fingerprint density at radius 1 is 0.250 bits per heavy atom. The van der Waals surface area contributed by atoms with E-state index in [2.05, 4.69) is 101 Å². The molecular formula is C119H199N3O18. The van der Waals surface area contributed by atoms with Gasteiger partial charge in [0, 0.05) is 25.8 Å². The van der Waals surface area contributed by atoms with E-state index in [0.717, 1.165) is 233 Å². The van der Waals surface area contributed by atoms with Gasteiger partial charge in [0.05, 0.1) is 56.5 Å². The molecule has 12 aliphatic carbocycles. The average Bonchev–Trinajstić information content (AvgIpc) is 0.759. The molecule has 0 aliphatic heterocycles. The van der Waals surface area contributed by atoms with Crippen LogP contribution in [0.5, 0.6) is 0 Å². The van der Waals surface area contributed by atoms with Crippen LogP contribution in [0.4, 0.5) is 0 Å². The molecule has 0 heterocycles. The van der Waals surface area contributed by atoms with Crippen molar-refractivity contribution in [2.24, 2.45) is 87.3 Å². The summed E-state index contributed by atoms with van der Waals surface area (Å²) < 4.78 is 50.7. The van der Waals surface area contributed by atoms with Gasteiger partial charge in [-0.3, -0.25) is 53.0 Å². The van der Waals surface area contributed by atoms with Gasteiger partial charge in [0.15, 0.2) is 0 Å². The Balaban J connectivity index is 0.000000286. The molecular weight excluding hydrogens is 1760 g/mol. The number of carbonyl (C=O) groups is 9. The molecule has 0 N–H and O–H groups in total. The minimum atomic E-state index is -0.371. The largest absolute Gasteiger partial charge is 0.465 e. The van der Waals surface area contributed by atoms with Crippen LogP contribution in [0.25, 0.3) is 0 Å². The van der Waals surface area contributed by atoms with Gasteiger partial charge in [-0.15, -0.1) is 0 Å². The first-order chi connectivity index (χ1) is 67.9. The van der Waals surface area contributed by atoms with E-state index in [9.17, 15) is 43.2 Å². The molecule has 12 fully saturated rings. The topological polar surface area (TPSA) is 246 Å². The highest BCUT2D eigenvalue weighted by Gasteiger charge is 2.55. The molecule has 0 aromatic rings. The van der Waals surface area contributed by atoms with Crippen molar-refractivity contribution in [3.05, 3.63) is 72.9 Å². The minimum Gasteiger partial charge on any atom is -0.465 e. The molecule has 0 aromatic carbocycles. The number of likely N-dealkylation sites (N-methyl/N-ethyl adjacent to an activating group) is 2. The zero-order valence-electron chi connectivity index (χ0n) is 89.9. The minimum absolute atomic E-state index is 0.0699. The molecule has 21 nitrogen and oxygen atoms in total. The van der Waals surface area contributed by atoms with Crippen LogP contribution in [0.1, 0.15) is 420 Å². The van der Waals surface area contributed by atoms with Crippen molar-refractivity contribution >= 4 is 53.7 Å². The van der Waals surface area contributed by atoms with E-state index < -0.39 is 0 Å². The zero-order valence-corrected chi connectivity index (χ0v) is 89.9. The molecule has 12 rings (SSSR count). The van der Waals surface area contributed by atoms with Gasteiger partial charge in [-0.05, 0) is 348 Å². The number of ether oxygens (including phenoxy) is 9. The second-order valence-corrected chi connectivity index (χ2v) is 45.2. The van der Waals surface area contributed by atoms with Crippen LogP contribution in [-0.4, -0.2) is 188 Å². The third-order valence-electron chi connectivity index (χ3n) is 31.4. The Kier molecular flexibility index (Phi) is 61.9. The Bertz CT molecular complexity index is 3520. The summed E-state index contributed by atoms with van der Waals surface area (Å²) in [5.74, 6) is 3.81. The summed E-state index contributed by atoms with van der Waals surface area (Å²) in [6, 6.07) is 0. The number of hydrogen-bond donors (Lipinski definition) is 0. The van der Waals surface area contributed by atoms with Gasteiger partial charge in [-0.25, -0.2) is 0 Å². The monoisotopic (exact) mass is 1960 g/mol. The predicted octanol–water partition coefficient (Wildman–Crippen LogP) is 26.6. The lowest BCUT2D eigenvalue weighted by Crippen LogP contribution is -2.47. The number of nitrogens with zero attached hydrogens (tertiary/aromatic N) is 3. The third-order valence-corrected chi connectivity index (χ3v) is 31.4. The molecule has 798 valence electrons. The number of unbranched alkanes of at least 4 members (excludes halogenated alkanes) is 24. The van der Waals surface area contributed by atoms with Crippen LogP contribution in [0.2, 0.25) is 0 Å². The highest BCUT2D eigenvalue weighted by Crippen LogP contribution is 2.64. The van der Waals surface area contributed by atoms with Gasteiger partial charge in [-0.1, -0.05) is 211 Å². The normalized spacial score (nSPS) is 24.0. The molecule has 12 aliphatic rings. The van der Waals surface area contributed by atoms with Crippen molar-refractivity contribution in [1.29, 1.82) is 0 Å². The van der Waals surface area contributed by atoms with Crippen LogP contribution >= 0.6 is 0 Å². The quantitative estimate of drug-likeness (QED) is 0.0238. The highest BCUT2D eigenvalue weighted by atomic mass is 16.6. The molecule has 3 atom stereocenters. The van der Waals surface area contributed by atoms with E-state index in [1.54, 1.807) is 0 Å². The van der Waals surface area contributed by atoms with Gasteiger partial charge >= 0.3 is 53.7 Å². The molecule has 21 heteroatoms. The highest BCUT2D eigenvalue weighted by molar-refractivity contribution is 5.74. The standard InChI is InChI=1S/2C40H67NO6.C39H65NO6/c1-4-6-7-8-9-10-11-12-13-14-15-16-17-18-19-20-37(42)45-30-36(32-47-39(44)29-41(3)21-5-2)31-46-38(43)28-40-25-33-22-34(26-40)24-35(23-33)27-40;1-4-7-8-9-10-11-12-13-14-15-16-17-18-19-20-21-37(42)45-30-36(32-47-39(44)29-41(5-2)6-3)31-46-38(43)28-40-25-33-22-34(26-40)24-35(23-33)27-40;1-4-5-6-7-8-9-10-11-12-13-14-15-16-17-18-19-36(41)44-29-35(30-45-37(42)20-21-40(2)3)31-46-38(43)28-39-25-32-22-33(26-39)24-34(23-32)27-39/h9-10,12-13,33-36H,4-8,11,14-32H2,1-3H3;10-11,13-14,33-36H,4-9,12,15-32H2,1-3H3;8-9,11-12,32-35H,4-7,10,13-31H2,1-3H3/b10-9-,13-12-;11-10-,14-13-;9-8-,12-11-. The van der Waals surface area contributed by atoms with Crippen molar-refractivity contribution in [2.75, 3.05) is 120 Å². The van der Waals surface area contributed by atoms with Crippen LogP contribution in [0, 0.1) is 87.3 Å². The van der Waals surface area contributed by atoms with Crippen LogP contribution in [-0.2, 0) is 85.8 Å². The molecule has 0 aromatic heterocycles. The maximum absolute atomic E-state index is 13.0. The first-order valence-electron chi connectivity index (χ1n) is 57.3. The molecule has 0 spiro atoms. The van der Waals surface area contributed by atoms with Crippen molar-refractivity contribution in [3.63, 3.8) is 0 Å². The smallest absolute Gasteiger partial charge is 0.320 e. The maximum Gasteiger partial charge on any atom is 0.320 e. The van der Waals surface area contributed by atoms with Crippen LogP contribution in [0.3, 0.4) is 0 Å². The molecule has 12 saturated carbocycles. The van der Waals surface area contributed by atoms with E-state index in [0.29, 0.717) is 45.1 Å². The number of allylic oxidation sites excluding steroid dienone is 12. The summed E-state index contributed by atoms with van der Waals surface area (Å²) >= 11 is 0. The second-order valence-electron chi connectivity index (χ2n) is 45.2. The molecule has 0 saturated heterocycles. The predicted molar refractivity (Wildman–Crippen MR) is 562 cm³/mol. The average molecular weight is 1960 g/mol. The third kappa shape index (κ3) is 53.1. The maximum atomic E-state index is 13.0. The summed E-state index contributed by atoms with van der Waals surface area (Å²) in [4.78, 5) is 120. The number of carbonyl (C=O) groups excluding carboxylic acids is 9. The number of hydrogen-bond acceptors (Lipinski definition) is 21. The van der Waals surface area contributed by atoms with Crippen molar-refractivity contribution in [2.45, 2.75) is 420 Å². The van der Waals surface area contributed by atoms with Gasteiger partial charge in [0.2, 0.25) is 0 Å². The SMILES string of the molecule is CCCCC/C=C\C/C=C\CCCCCCCC(=O)OCC(COC(=O)CCN(C)C)COC(=O)CC12CC3CC(CC(C3)C1)C2.CCCCC/C=C\C/C=C\CCCCCCCC(=O)OCC(COC(=O)CN(C)CCC)COC(=O)CC12CC3CC(CC(C3)C1)C2.CCCCC/C=C\C/C=C\CCCCCCCC(=O)OCC(COC(=O)CN(CC)CC)COC(=O)CC12CC3CC(CC(C3)C1)C2. The van der Waals surface area contributed by atoms with Crippen molar-refractivity contribution < 1.29 is 85.8 Å². The summed E-state index contributed by atoms with van der Waals surface area (Å²) in [5, 5.41) is 0. The van der Waals surface area contributed by atoms with Crippen LogP contribution < -0.4 is 0 Å². The zero-order chi connectivity index (χ0) is 101. The van der Waals surface area contributed by atoms with Gasteiger partial charge in [-0.2, -0.15) is 0 Å². The first-order valence-corrected chi connectivity index (χ1v) is 57.3. The van der Waals surface area contributed by atoms with Crippen molar-refractivity contribution in [3.8, 4) is 0 Å². The lowest BCUT2D eigenvalue weighted by molar-refractivity contribution is -0.160. The Labute approximate surface area is 849 Å². The summed E-state index contributed by atoms with van der Waals surface area (Å²) in [7, 11) is 5.71. The Morgan fingerprint density at radius 3 is 0.714 bits per heavy atom. The Morgan fingerprint density at radius 2 is 0.471 bits per heavy atom. The summed E-state index contributed by atoms with van der Waals surface area (Å²) in [6.07, 6.45) is 91.2. The molecule has 3 unspecified atom stereocenters. The second kappa shape index (κ2) is 72.0. The van der Waals surface area contributed by atoms with Gasteiger partial charge in [0.1, 0.15) is 59.5 Å². The lowest BCUT2D eigenvalue weighted by Gasteiger charge is -2.56. The summed E-state index contributed by atoms with van der Waals surface area (Å²) in [5.41, 5.74) is 0.352. The lowest BCUT2D eigenvalue weighted by atomic mass is 9.49. The van der Waals surface area contributed by atoms with Crippen molar-refractivity contribution in [1.82, 2.24) is 14.7 Å². The Hall–Kier alpha value is -6.45. The number of esters is 9.